The fraction of sp³-hybridized carbons (Fsp3) is 0.750. The molecule has 0 aromatic heterocycles. The van der Waals surface area contributed by atoms with Crippen molar-refractivity contribution in [2.45, 2.75) is 23.5 Å². The molecular formula is C8H15NS2. The van der Waals surface area contributed by atoms with Crippen molar-refractivity contribution < 1.29 is 0 Å². The molecule has 0 saturated carbocycles. The van der Waals surface area contributed by atoms with Gasteiger partial charge >= 0.3 is 0 Å². The predicted octanol–water partition coefficient (Wildman–Crippen LogP) is 1.82. The molecule has 0 aliphatic carbocycles. The van der Waals surface area contributed by atoms with E-state index in [4.69, 9.17) is 0 Å². The van der Waals surface area contributed by atoms with Crippen LogP contribution in [0.3, 0.4) is 0 Å². The van der Waals surface area contributed by atoms with Crippen LogP contribution in [0.25, 0.3) is 0 Å². The SMILES string of the molecule is C=CC(S)N1CCC(S)CC1. The first kappa shape index (κ1) is 9.49. The molecular weight excluding hydrogens is 174 g/mol. The first-order valence-corrected chi connectivity index (χ1v) is 5.00. The molecule has 1 aliphatic heterocycles. The quantitative estimate of drug-likeness (QED) is 0.495. The molecule has 1 aliphatic rings. The fourth-order valence-electron chi connectivity index (χ4n) is 1.30. The molecule has 1 fully saturated rings. The second-order valence-corrected chi connectivity index (χ2v) is 4.18. The van der Waals surface area contributed by atoms with E-state index < -0.39 is 0 Å². The highest BCUT2D eigenvalue weighted by Gasteiger charge is 2.18. The van der Waals surface area contributed by atoms with Crippen LogP contribution in [-0.2, 0) is 0 Å². The Balaban J connectivity index is 2.32. The molecule has 1 atom stereocenters. The summed E-state index contributed by atoms with van der Waals surface area (Å²) >= 11 is 8.81. The maximum absolute atomic E-state index is 4.42. The molecule has 1 unspecified atom stereocenters. The predicted molar refractivity (Wildman–Crippen MR) is 56.6 cm³/mol. The van der Waals surface area contributed by atoms with Gasteiger partial charge in [-0.1, -0.05) is 6.08 Å². The number of thiol groups is 2. The van der Waals surface area contributed by atoms with Crippen LogP contribution in [0.15, 0.2) is 12.7 Å². The first-order chi connectivity index (χ1) is 5.24. The molecule has 0 radical (unpaired) electrons. The molecule has 1 rings (SSSR count). The standard InChI is InChI=1S/C8H15NS2/c1-2-8(11)9-5-3-7(10)4-6-9/h2,7-8,10-11H,1,3-6H2. The van der Waals surface area contributed by atoms with Crippen molar-refractivity contribution in [2.75, 3.05) is 13.1 Å². The lowest BCUT2D eigenvalue weighted by Crippen LogP contribution is -2.38. The largest absolute Gasteiger partial charge is 0.288 e. The summed E-state index contributed by atoms with van der Waals surface area (Å²) in [5, 5.41) is 0.826. The summed E-state index contributed by atoms with van der Waals surface area (Å²) in [6.45, 7) is 5.93. The summed E-state index contributed by atoms with van der Waals surface area (Å²) in [5.74, 6) is 0. The van der Waals surface area contributed by atoms with Crippen LogP contribution < -0.4 is 0 Å². The summed E-state index contributed by atoms with van der Waals surface area (Å²) in [6, 6.07) is 0. The van der Waals surface area contributed by atoms with Crippen molar-refractivity contribution in [1.29, 1.82) is 0 Å². The fourth-order valence-corrected chi connectivity index (χ4v) is 1.76. The molecule has 0 amide bonds. The zero-order valence-electron chi connectivity index (χ0n) is 6.61. The van der Waals surface area contributed by atoms with Gasteiger partial charge in [0.1, 0.15) is 0 Å². The van der Waals surface area contributed by atoms with Crippen LogP contribution in [0.4, 0.5) is 0 Å². The minimum absolute atomic E-state index is 0.232. The summed E-state index contributed by atoms with van der Waals surface area (Å²) in [4.78, 5) is 2.32. The number of nitrogens with zero attached hydrogens (tertiary/aromatic N) is 1. The molecule has 0 N–H and O–H groups in total. The van der Waals surface area contributed by atoms with Crippen LogP contribution in [-0.4, -0.2) is 28.6 Å². The minimum Gasteiger partial charge on any atom is -0.288 e. The Morgan fingerprint density at radius 2 is 2.00 bits per heavy atom. The van der Waals surface area contributed by atoms with Gasteiger partial charge in [-0.2, -0.15) is 25.3 Å². The molecule has 0 bridgehead atoms. The first-order valence-electron chi connectivity index (χ1n) is 3.97. The van der Waals surface area contributed by atoms with Gasteiger partial charge in [-0.05, 0) is 12.8 Å². The van der Waals surface area contributed by atoms with E-state index in [1.807, 2.05) is 6.08 Å². The van der Waals surface area contributed by atoms with Gasteiger partial charge in [0.15, 0.2) is 0 Å². The minimum atomic E-state index is 0.232. The van der Waals surface area contributed by atoms with E-state index in [2.05, 4.69) is 36.7 Å². The summed E-state index contributed by atoms with van der Waals surface area (Å²) < 4.78 is 0. The van der Waals surface area contributed by atoms with E-state index in [-0.39, 0.29) is 5.37 Å². The smallest absolute Gasteiger partial charge is 0.0711 e. The van der Waals surface area contributed by atoms with Gasteiger partial charge in [0.25, 0.3) is 0 Å². The van der Waals surface area contributed by atoms with Crippen LogP contribution in [0.2, 0.25) is 0 Å². The molecule has 1 saturated heterocycles. The van der Waals surface area contributed by atoms with E-state index in [1.165, 1.54) is 12.8 Å². The van der Waals surface area contributed by atoms with Gasteiger partial charge in [-0.15, -0.1) is 6.58 Å². The number of hydrogen-bond donors (Lipinski definition) is 2. The number of rotatable bonds is 2. The Labute approximate surface area is 79.7 Å². The molecule has 11 heavy (non-hydrogen) atoms. The average Bonchev–Trinajstić information content (AvgIpc) is 2.05. The second kappa shape index (κ2) is 4.43. The molecule has 64 valence electrons. The lowest BCUT2D eigenvalue weighted by atomic mass is 10.1. The van der Waals surface area contributed by atoms with Crippen molar-refractivity contribution in [3.8, 4) is 0 Å². The topological polar surface area (TPSA) is 3.24 Å². The zero-order valence-corrected chi connectivity index (χ0v) is 8.40. The number of piperidine rings is 1. The third kappa shape index (κ3) is 2.73. The molecule has 1 heterocycles. The zero-order chi connectivity index (χ0) is 8.27. The number of hydrogen-bond acceptors (Lipinski definition) is 3. The van der Waals surface area contributed by atoms with Gasteiger partial charge in [0.2, 0.25) is 0 Å². The third-order valence-electron chi connectivity index (χ3n) is 2.08. The van der Waals surface area contributed by atoms with Gasteiger partial charge < -0.3 is 0 Å². The second-order valence-electron chi connectivity index (χ2n) is 2.92. The Kier molecular flexibility index (Phi) is 3.82. The lowest BCUT2D eigenvalue weighted by Gasteiger charge is -2.32. The van der Waals surface area contributed by atoms with E-state index in [0.29, 0.717) is 5.25 Å². The van der Waals surface area contributed by atoms with Gasteiger partial charge in [-0.25, -0.2) is 0 Å². The highest BCUT2D eigenvalue weighted by atomic mass is 32.1. The van der Waals surface area contributed by atoms with Crippen LogP contribution in [0.5, 0.6) is 0 Å². The molecule has 0 aromatic rings. The van der Waals surface area contributed by atoms with Crippen LogP contribution in [0, 0.1) is 0 Å². The Morgan fingerprint density at radius 3 is 2.45 bits per heavy atom. The monoisotopic (exact) mass is 189 g/mol. The van der Waals surface area contributed by atoms with Crippen molar-refractivity contribution in [2.24, 2.45) is 0 Å². The molecule has 3 heteroatoms. The van der Waals surface area contributed by atoms with Gasteiger partial charge in [0.05, 0.1) is 5.37 Å². The Bertz CT molecular complexity index is 130. The van der Waals surface area contributed by atoms with Crippen molar-refractivity contribution in [1.82, 2.24) is 4.90 Å². The maximum atomic E-state index is 4.42. The number of likely N-dealkylation sites (tertiary alicyclic amines) is 1. The average molecular weight is 189 g/mol. The normalized spacial score (nSPS) is 24.9. The van der Waals surface area contributed by atoms with E-state index in [1.54, 1.807) is 0 Å². The molecule has 0 spiro atoms. The van der Waals surface area contributed by atoms with E-state index in [9.17, 15) is 0 Å². The van der Waals surface area contributed by atoms with Crippen LogP contribution >= 0.6 is 25.3 Å². The van der Waals surface area contributed by atoms with E-state index >= 15 is 0 Å². The van der Waals surface area contributed by atoms with Crippen LogP contribution in [0.1, 0.15) is 12.8 Å². The molecule has 1 nitrogen and oxygen atoms in total. The highest BCUT2D eigenvalue weighted by Crippen LogP contribution is 2.18. The Hall–Kier alpha value is 0.400. The van der Waals surface area contributed by atoms with E-state index in [0.717, 1.165) is 13.1 Å². The third-order valence-corrected chi connectivity index (χ3v) is 3.14. The maximum Gasteiger partial charge on any atom is 0.0711 e. The molecule has 0 aromatic carbocycles. The van der Waals surface area contributed by atoms with Gasteiger partial charge in [-0.3, -0.25) is 4.90 Å². The van der Waals surface area contributed by atoms with Crippen molar-refractivity contribution >= 4 is 25.3 Å². The Morgan fingerprint density at radius 1 is 1.45 bits per heavy atom. The van der Waals surface area contributed by atoms with Crippen molar-refractivity contribution in [3.63, 3.8) is 0 Å². The highest BCUT2D eigenvalue weighted by molar-refractivity contribution is 7.81. The summed E-state index contributed by atoms with van der Waals surface area (Å²) in [7, 11) is 0. The van der Waals surface area contributed by atoms with Gasteiger partial charge in [0, 0.05) is 18.3 Å². The summed E-state index contributed by atoms with van der Waals surface area (Å²) in [5.41, 5.74) is 0. The van der Waals surface area contributed by atoms with Crippen molar-refractivity contribution in [3.05, 3.63) is 12.7 Å². The summed E-state index contributed by atoms with van der Waals surface area (Å²) in [6.07, 6.45) is 4.23. The lowest BCUT2D eigenvalue weighted by molar-refractivity contribution is 0.241.